The van der Waals surface area contributed by atoms with Crippen LogP contribution in [0.3, 0.4) is 0 Å². The molecule has 0 spiro atoms. The van der Waals surface area contributed by atoms with Crippen molar-refractivity contribution < 1.29 is 9.18 Å². The average molecular weight is 368 g/mol. The quantitative estimate of drug-likeness (QED) is 0.475. The molecule has 0 atom stereocenters. The molecule has 0 saturated carbocycles. The van der Waals surface area contributed by atoms with Crippen LogP contribution in [0.25, 0.3) is 33.2 Å². The largest absolute Gasteiger partial charge is 0.338 e. The molecule has 0 unspecified atom stereocenters. The number of carbonyl (C=O) groups is 1. The van der Waals surface area contributed by atoms with E-state index in [0.29, 0.717) is 33.2 Å². The molecular formula is C22H13FN4O. The Bertz CT molecular complexity index is 1330. The molecule has 0 aliphatic heterocycles. The number of nitrogens with zero attached hydrogens (tertiary/aromatic N) is 3. The lowest BCUT2D eigenvalue weighted by Crippen LogP contribution is -2.05. The van der Waals surface area contributed by atoms with E-state index in [-0.39, 0.29) is 11.3 Å². The van der Waals surface area contributed by atoms with E-state index in [4.69, 9.17) is 0 Å². The molecule has 1 aromatic carbocycles. The molecule has 0 saturated heterocycles. The number of halogens is 1. The van der Waals surface area contributed by atoms with E-state index in [9.17, 15) is 9.18 Å². The smallest absolute Gasteiger partial charge is 0.196 e. The van der Waals surface area contributed by atoms with Gasteiger partial charge in [0.05, 0.1) is 29.2 Å². The predicted molar refractivity (Wildman–Crippen MR) is 104 cm³/mol. The van der Waals surface area contributed by atoms with Gasteiger partial charge in [-0.2, -0.15) is 0 Å². The van der Waals surface area contributed by atoms with Crippen molar-refractivity contribution in [1.29, 1.82) is 0 Å². The van der Waals surface area contributed by atoms with Gasteiger partial charge in [0.15, 0.2) is 11.6 Å². The van der Waals surface area contributed by atoms with Gasteiger partial charge in [0.1, 0.15) is 5.65 Å². The Labute approximate surface area is 158 Å². The number of rotatable bonds is 3. The summed E-state index contributed by atoms with van der Waals surface area (Å²) in [6.45, 7) is 0. The van der Waals surface area contributed by atoms with Gasteiger partial charge in [0.2, 0.25) is 0 Å². The highest BCUT2D eigenvalue weighted by Crippen LogP contribution is 2.32. The topological polar surface area (TPSA) is 71.5 Å². The molecule has 5 aromatic rings. The van der Waals surface area contributed by atoms with Crippen LogP contribution in [0.1, 0.15) is 15.9 Å². The van der Waals surface area contributed by atoms with Crippen molar-refractivity contribution >= 4 is 27.7 Å². The number of pyridine rings is 3. The van der Waals surface area contributed by atoms with E-state index >= 15 is 0 Å². The number of hydrogen-bond donors (Lipinski definition) is 1. The Kier molecular flexibility index (Phi) is 3.69. The van der Waals surface area contributed by atoms with E-state index in [0.717, 1.165) is 11.8 Å². The Morgan fingerprint density at radius 3 is 2.61 bits per heavy atom. The highest BCUT2D eigenvalue weighted by Gasteiger charge is 2.22. The van der Waals surface area contributed by atoms with Crippen LogP contribution < -0.4 is 0 Å². The summed E-state index contributed by atoms with van der Waals surface area (Å²) in [4.78, 5) is 28.9. The van der Waals surface area contributed by atoms with Crippen molar-refractivity contribution in [3.8, 4) is 11.3 Å². The highest BCUT2D eigenvalue weighted by atomic mass is 19.1. The minimum absolute atomic E-state index is 0.00536. The molecule has 0 aliphatic rings. The summed E-state index contributed by atoms with van der Waals surface area (Å²) in [5.41, 5.74) is 3.07. The van der Waals surface area contributed by atoms with E-state index < -0.39 is 5.82 Å². The van der Waals surface area contributed by atoms with Gasteiger partial charge in [0.25, 0.3) is 0 Å². The number of ketones is 1. The first-order valence-corrected chi connectivity index (χ1v) is 8.68. The molecule has 1 N–H and O–H groups in total. The van der Waals surface area contributed by atoms with Crippen molar-refractivity contribution in [2.45, 2.75) is 0 Å². The Morgan fingerprint density at radius 2 is 1.82 bits per heavy atom. The molecule has 134 valence electrons. The van der Waals surface area contributed by atoms with Crippen LogP contribution in [0.4, 0.5) is 4.39 Å². The zero-order valence-electron chi connectivity index (χ0n) is 14.6. The summed E-state index contributed by atoms with van der Waals surface area (Å²) < 4.78 is 14.8. The van der Waals surface area contributed by atoms with Crippen LogP contribution >= 0.6 is 0 Å². The van der Waals surface area contributed by atoms with E-state index in [2.05, 4.69) is 19.9 Å². The lowest BCUT2D eigenvalue weighted by Gasteiger charge is -2.05. The zero-order valence-corrected chi connectivity index (χ0v) is 14.6. The molecule has 0 aliphatic carbocycles. The first kappa shape index (κ1) is 16.3. The van der Waals surface area contributed by atoms with Crippen molar-refractivity contribution in [2.75, 3.05) is 0 Å². The standard InChI is InChI=1S/C22H13FN4O/c23-16-11-26-22-19(20(16)21(28)13-5-2-1-3-6-13)15-9-17(25-12-18(15)27-22)14-7-4-8-24-10-14/h1-12H,(H,26,27). The van der Waals surface area contributed by atoms with Gasteiger partial charge in [-0.15, -0.1) is 0 Å². The van der Waals surface area contributed by atoms with Crippen molar-refractivity contribution in [3.63, 3.8) is 0 Å². The minimum atomic E-state index is -0.651. The summed E-state index contributed by atoms with van der Waals surface area (Å²) in [6.07, 6.45) is 6.12. The van der Waals surface area contributed by atoms with Gasteiger partial charge in [-0.05, 0) is 18.2 Å². The van der Waals surface area contributed by atoms with Gasteiger partial charge in [-0.25, -0.2) is 9.37 Å². The van der Waals surface area contributed by atoms with Crippen LogP contribution in [0.15, 0.2) is 73.3 Å². The van der Waals surface area contributed by atoms with Gasteiger partial charge in [-0.3, -0.25) is 14.8 Å². The SMILES string of the molecule is O=C(c1ccccc1)c1c(F)cnc2[nH]c3cnc(-c4cccnc4)cc3c12. The molecule has 0 amide bonds. The number of fused-ring (bicyclic) bond motifs is 3. The second kappa shape index (κ2) is 6.35. The molecule has 28 heavy (non-hydrogen) atoms. The molecule has 5 rings (SSSR count). The Morgan fingerprint density at radius 1 is 0.964 bits per heavy atom. The monoisotopic (exact) mass is 368 g/mol. The molecule has 0 radical (unpaired) electrons. The summed E-state index contributed by atoms with van der Waals surface area (Å²) >= 11 is 0. The van der Waals surface area contributed by atoms with Gasteiger partial charge >= 0.3 is 0 Å². The van der Waals surface area contributed by atoms with E-state index in [1.807, 2.05) is 24.3 Å². The van der Waals surface area contributed by atoms with Gasteiger partial charge in [-0.1, -0.05) is 30.3 Å². The average Bonchev–Trinajstić information content (AvgIpc) is 3.12. The maximum atomic E-state index is 14.8. The number of nitrogens with one attached hydrogen (secondary N) is 1. The van der Waals surface area contributed by atoms with Crippen LogP contribution in [0.5, 0.6) is 0 Å². The summed E-state index contributed by atoms with van der Waals surface area (Å²) in [7, 11) is 0. The predicted octanol–water partition coefficient (Wildman–Crippen LogP) is 4.54. The van der Waals surface area contributed by atoms with Gasteiger partial charge in [0, 0.05) is 34.3 Å². The third-order valence-corrected chi connectivity index (χ3v) is 4.68. The fourth-order valence-electron chi connectivity index (χ4n) is 3.36. The number of H-pyrrole nitrogens is 1. The fourth-order valence-corrected chi connectivity index (χ4v) is 3.36. The maximum Gasteiger partial charge on any atom is 0.196 e. The molecule has 6 heteroatoms. The lowest BCUT2D eigenvalue weighted by molar-refractivity contribution is 0.103. The highest BCUT2D eigenvalue weighted by molar-refractivity contribution is 6.22. The second-order valence-corrected chi connectivity index (χ2v) is 6.38. The zero-order chi connectivity index (χ0) is 19.1. The maximum absolute atomic E-state index is 14.8. The van der Waals surface area contributed by atoms with Crippen LogP contribution in [-0.4, -0.2) is 25.7 Å². The second-order valence-electron chi connectivity index (χ2n) is 6.38. The third kappa shape index (κ3) is 2.54. The van der Waals surface area contributed by atoms with Crippen molar-refractivity contribution in [3.05, 3.63) is 90.3 Å². The molecular weight excluding hydrogens is 355 g/mol. The normalized spacial score (nSPS) is 11.2. The minimum Gasteiger partial charge on any atom is -0.338 e. The van der Waals surface area contributed by atoms with E-state index in [1.54, 1.807) is 42.9 Å². The van der Waals surface area contributed by atoms with Gasteiger partial charge < -0.3 is 4.98 Å². The number of carbonyl (C=O) groups excluding carboxylic acids is 1. The Hall–Kier alpha value is -3.93. The summed E-state index contributed by atoms with van der Waals surface area (Å²) in [5, 5.41) is 1.14. The summed E-state index contributed by atoms with van der Waals surface area (Å²) in [5.74, 6) is -1.03. The number of aromatic nitrogens is 4. The molecule has 0 fully saturated rings. The first-order chi connectivity index (χ1) is 13.7. The van der Waals surface area contributed by atoms with Crippen LogP contribution in [0.2, 0.25) is 0 Å². The third-order valence-electron chi connectivity index (χ3n) is 4.68. The lowest BCUT2D eigenvalue weighted by atomic mass is 9.99. The molecule has 0 bridgehead atoms. The Balaban J connectivity index is 1.80. The molecule has 4 aromatic heterocycles. The molecule has 4 heterocycles. The summed E-state index contributed by atoms with van der Waals surface area (Å²) in [6, 6.07) is 14.2. The number of aromatic amines is 1. The number of hydrogen-bond acceptors (Lipinski definition) is 4. The van der Waals surface area contributed by atoms with E-state index in [1.165, 1.54) is 0 Å². The number of benzene rings is 1. The first-order valence-electron chi connectivity index (χ1n) is 8.68. The van der Waals surface area contributed by atoms with Crippen LogP contribution in [0, 0.1) is 5.82 Å². The van der Waals surface area contributed by atoms with Crippen molar-refractivity contribution in [1.82, 2.24) is 19.9 Å². The molecule has 5 nitrogen and oxygen atoms in total. The van der Waals surface area contributed by atoms with Crippen LogP contribution in [-0.2, 0) is 0 Å². The van der Waals surface area contributed by atoms with Crippen molar-refractivity contribution in [2.24, 2.45) is 0 Å². The fraction of sp³-hybridized carbons (Fsp3) is 0.